The van der Waals surface area contributed by atoms with Gasteiger partial charge in [-0.1, -0.05) is 23.2 Å². The van der Waals surface area contributed by atoms with Gasteiger partial charge in [0.2, 0.25) is 5.88 Å². The first-order valence-corrected chi connectivity index (χ1v) is 5.74. The molecular weight excluding hydrogens is 280 g/mol. The molecule has 3 nitrogen and oxygen atoms in total. The molecule has 2 aromatic rings. The van der Waals surface area contributed by atoms with Crippen molar-refractivity contribution in [3.8, 4) is 11.6 Å². The number of nitrogens with zero attached hydrogens (tertiary/aromatic N) is 1. The van der Waals surface area contributed by atoms with Crippen LogP contribution in [0, 0.1) is 5.82 Å². The minimum Gasteiger partial charge on any atom is -0.439 e. The molecule has 1 aromatic heterocycles. The highest BCUT2D eigenvalue weighted by molar-refractivity contribution is 6.42. The van der Waals surface area contributed by atoms with Gasteiger partial charge in [0.15, 0.2) is 0 Å². The lowest BCUT2D eigenvalue weighted by molar-refractivity contribution is 0.274. The summed E-state index contributed by atoms with van der Waals surface area (Å²) < 4.78 is 18.3. The van der Waals surface area contributed by atoms with E-state index in [1.165, 1.54) is 6.07 Å². The predicted molar refractivity (Wildman–Crippen MR) is 66.7 cm³/mol. The lowest BCUT2D eigenvalue weighted by Gasteiger charge is -2.09. The number of hydrogen-bond donors (Lipinski definition) is 1. The van der Waals surface area contributed by atoms with Gasteiger partial charge >= 0.3 is 0 Å². The number of rotatable bonds is 3. The smallest absolute Gasteiger partial charge is 0.224 e. The van der Waals surface area contributed by atoms with Gasteiger partial charge in [0, 0.05) is 11.6 Å². The van der Waals surface area contributed by atoms with E-state index in [1.54, 1.807) is 12.1 Å². The summed E-state index contributed by atoms with van der Waals surface area (Å²) in [5.41, 5.74) is 0.251. The molecule has 0 spiro atoms. The third-order valence-corrected chi connectivity index (χ3v) is 2.91. The summed E-state index contributed by atoms with van der Waals surface area (Å²) in [7, 11) is 0. The van der Waals surface area contributed by atoms with Crippen molar-refractivity contribution in [3.05, 3.63) is 51.9 Å². The maximum atomic E-state index is 12.9. The quantitative estimate of drug-likeness (QED) is 0.933. The van der Waals surface area contributed by atoms with Gasteiger partial charge in [-0.25, -0.2) is 9.37 Å². The Kier molecular flexibility index (Phi) is 4.01. The molecule has 0 aliphatic heterocycles. The van der Waals surface area contributed by atoms with Crippen LogP contribution in [0.2, 0.25) is 10.0 Å². The topological polar surface area (TPSA) is 42.4 Å². The number of aliphatic hydroxyl groups excluding tert-OH is 1. The van der Waals surface area contributed by atoms with Gasteiger partial charge in [-0.05, 0) is 18.2 Å². The van der Waals surface area contributed by atoms with Crippen molar-refractivity contribution >= 4 is 23.2 Å². The molecule has 1 heterocycles. The van der Waals surface area contributed by atoms with Gasteiger partial charge in [-0.2, -0.15) is 0 Å². The summed E-state index contributed by atoms with van der Waals surface area (Å²) in [6.45, 7) is -0.374. The number of hydrogen-bond acceptors (Lipinski definition) is 3. The van der Waals surface area contributed by atoms with E-state index in [0.717, 1.165) is 12.3 Å². The fraction of sp³-hybridized carbons (Fsp3) is 0.0833. The van der Waals surface area contributed by atoms with Gasteiger partial charge in [-0.3, -0.25) is 0 Å². The molecule has 0 atom stereocenters. The first-order chi connectivity index (χ1) is 8.60. The molecule has 6 heteroatoms. The first kappa shape index (κ1) is 13.1. The molecule has 0 aliphatic rings. The number of ether oxygens (including phenoxy) is 1. The molecular formula is C12H8Cl2FNO2. The average Bonchev–Trinajstić information content (AvgIpc) is 2.36. The highest BCUT2D eigenvalue weighted by Crippen LogP contribution is 2.30. The minimum atomic E-state index is -0.541. The molecule has 0 unspecified atom stereocenters. The fourth-order valence-electron chi connectivity index (χ4n) is 1.33. The van der Waals surface area contributed by atoms with Gasteiger partial charge in [0.25, 0.3) is 0 Å². The molecule has 0 fully saturated rings. The zero-order chi connectivity index (χ0) is 13.1. The zero-order valence-electron chi connectivity index (χ0n) is 9.03. The summed E-state index contributed by atoms with van der Waals surface area (Å²) >= 11 is 11.6. The Morgan fingerprint density at radius 2 is 2.00 bits per heavy atom. The van der Waals surface area contributed by atoms with Crippen LogP contribution < -0.4 is 4.74 Å². The van der Waals surface area contributed by atoms with Gasteiger partial charge in [-0.15, -0.1) is 0 Å². The Hall–Kier alpha value is -1.36. The maximum absolute atomic E-state index is 12.9. The monoisotopic (exact) mass is 287 g/mol. The molecule has 94 valence electrons. The second-order valence-corrected chi connectivity index (χ2v) is 4.27. The largest absolute Gasteiger partial charge is 0.439 e. The summed E-state index contributed by atoms with van der Waals surface area (Å²) in [6.07, 6.45) is 1.01. The second kappa shape index (κ2) is 5.52. The number of aromatic nitrogens is 1. The van der Waals surface area contributed by atoms with Crippen LogP contribution in [0.25, 0.3) is 0 Å². The van der Waals surface area contributed by atoms with Crippen molar-refractivity contribution < 1.29 is 14.2 Å². The molecule has 0 saturated heterocycles. The van der Waals surface area contributed by atoms with E-state index in [2.05, 4.69) is 4.98 Å². The standard InChI is InChI=1S/C12H8Cl2FNO2/c13-10-2-1-9(4-11(10)14)18-12-7(6-17)3-8(15)5-16-12/h1-5,17H,6H2. The van der Waals surface area contributed by atoms with Crippen molar-refractivity contribution in [1.29, 1.82) is 0 Å². The van der Waals surface area contributed by atoms with Crippen molar-refractivity contribution in [2.75, 3.05) is 0 Å². The molecule has 0 radical (unpaired) electrons. The Bertz CT molecular complexity index is 578. The number of pyridine rings is 1. The van der Waals surface area contributed by atoms with Crippen molar-refractivity contribution in [2.24, 2.45) is 0 Å². The Balaban J connectivity index is 2.30. The lowest BCUT2D eigenvalue weighted by atomic mass is 10.3. The minimum absolute atomic E-state index is 0.122. The van der Waals surface area contributed by atoms with E-state index in [9.17, 15) is 4.39 Å². The van der Waals surface area contributed by atoms with E-state index in [-0.39, 0.29) is 18.1 Å². The normalized spacial score (nSPS) is 10.4. The number of halogens is 3. The van der Waals surface area contributed by atoms with Crippen LogP contribution in [0.5, 0.6) is 11.6 Å². The van der Waals surface area contributed by atoms with Crippen molar-refractivity contribution in [2.45, 2.75) is 6.61 Å². The Labute approximate surface area is 113 Å². The second-order valence-electron chi connectivity index (χ2n) is 3.45. The molecule has 0 amide bonds. The summed E-state index contributed by atoms with van der Waals surface area (Å²) in [5.74, 6) is -0.0176. The van der Waals surface area contributed by atoms with Crippen LogP contribution >= 0.6 is 23.2 Å². The highest BCUT2D eigenvalue weighted by Gasteiger charge is 2.08. The molecule has 18 heavy (non-hydrogen) atoms. The Morgan fingerprint density at radius 1 is 1.22 bits per heavy atom. The molecule has 1 aromatic carbocycles. The predicted octanol–water partition coefficient (Wildman–Crippen LogP) is 3.81. The van der Waals surface area contributed by atoms with Crippen LogP contribution in [0.1, 0.15) is 5.56 Å². The summed E-state index contributed by atoms with van der Waals surface area (Å²) in [4.78, 5) is 3.76. The highest BCUT2D eigenvalue weighted by atomic mass is 35.5. The molecule has 0 aliphatic carbocycles. The number of aliphatic hydroxyl groups is 1. The van der Waals surface area contributed by atoms with Crippen LogP contribution in [0.4, 0.5) is 4.39 Å². The molecule has 0 saturated carbocycles. The SMILES string of the molecule is OCc1cc(F)cnc1Oc1ccc(Cl)c(Cl)c1. The first-order valence-electron chi connectivity index (χ1n) is 4.98. The van der Waals surface area contributed by atoms with Crippen LogP contribution in [-0.2, 0) is 6.61 Å². The average molecular weight is 288 g/mol. The van der Waals surface area contributed by atoms with E-state index >= 15 is 0 Å². The fourth-order valence-corrected chi connectivity index (χ4v) is 1.61. The van der Waals surface area contributed by atoms with Crippen LogP contribution in [0.3, 0.4) is 0 Å². The third-order valence-electron chi connectivity index (χ3n) is 2.17. The van der Waals surface area contributed by atoms with E-state index in [0.29, 0.717) is 15.8 Å². The Morgan fingerprint density at radius 3 is 2.67 bits per heavy atom. The van der Waals surface area contributed by atoms with Gasteiger partial charge in [0.1, 0.15) is 11.6 Å². The van der Waals surface area contributed by atoms with Gasteiger partial charge < -0.3 is 9.84 Å². The van der Waals surface area contributed by atoms with Gasteiger partial charge in [0.05, 0.1) is 22.8 Å². The molecule has 1 N–H and O–H groups in total. The lowest BCUT2D eigenvalue weighted by Crippen LogP contribution is -1.96. The van der Waals surface area contributed by atoms with Crippen molar-refractivity contribution in [1.82, 2.24) is 4.98 Å². The zero-order valence-corrected chi connectivity index (χ0v) is 10.5. The van der Waals surface area contributed by atoms with Crippen LogP contribution in [0.15, 0.2) is 30.5 Å². The van der Waals surface area contributed by atoms with Crippen molar-refractivity contribution in [3.63, 3.8) is 0 Å². The number of benzene rings is 1. The maximum Gasteiger partial charge on any atom is 0.224 e. The van der Waals surface area contributed by atoms with E-state index < -0.39 is 5.82 Å². The third kappa shape index (κ3) is 2.90. The molecule has 0 bridgehead atoms. The van der Waals surface area contributed by atoms with Crippen LogP contribution in [-0.4, -0.2) is 10.1 Å². The molecule has 2 rings (SSSR count). The summed E-state index contributed by atoms with van der Waals surface area (Å²) in [6, 6.07) is 5.83. The van der Waals surface area contributed by atoms with E-state index in [1.807, 2.05) is 0 Å². The van der Waals surface area contributed by atoms with E-state index in [4.69, 9.17) is 33.0 Å². The summed E-state index contributed by atoms with van der Waals surface area (Å²) in [5, 5.41) is 9.82.